The van der Waals surface area contributed by atoms with Gasteiger partial charge in [0.25, 0.3) is 5.91 Å². The summed E-state index contributed by atoms with van der Waals surface area (Å²) in [6.07, 6.45) is 5.46. The summed E-state index contributed by atoms with van der Waals surface area (Å²) in [5.41, 5.74) is 2.32. The summed E-state index contributed by atoms with van der Waals surface area (Å²) in [6.45, 7) is 4.28. The Morgan fingerprint density at radius 1 is 1.14 bits per heavy atom. The van der Waals surface area contributed by atoms with Crippen molar-refractivity contribution in [1.29, 1.82) is 0 Å². The Kier molecular flexibility index (Phi) is 4.04. The molecule has 0 bridgehead atoms. The van der Waals surface area contributed by atoms with Gasteiger partial charge in [-0.25, -0.2) is 9.97 Å². The highest BCUT2D eigenvalue weighted by Gasteiger charge is 2.21. The first-order valence-electron chi connectivity index (χ1n) is 7.62. The molecule has 22 heavy (non-hydrogen) atoms. The molecule has 1 aliphatic rings. The van der Waals surface area contributed by atoms with E-state index in [1.807, 2.05) is 24.3 Å². The minimum Gasteiger partial charge on any atom is -0.366 e. The van der Waals surface area contributed by atoms with E-state index in [-0.39, 0.29) is 5.91 Å². The molecular weight excluding hydrogens is 276 g/mol. The molecule has 0 unspecified atom stereocenters. The van der Waals surface area contributed by atoms with Gasteiger partial charge in [-0.1, -0.05) is 26.0 Å². The maximum atomic E-state index is 12.1. The molecule has 114 valence electrons. The number of benzene rings is 1. The number of rotatable bonds is 5. The Balaban J connectivity index is 1.62. The van der Waals surface area contributed by atoms with Gasteiger partial charge in [0.2, 0.25) is 0 Å². The van der Waals surface area contributed by atoms with Crippen molar-refractivity contribution in [3.05, 3.63) is 47.9 Å². The van der Waals surface area contributed by atoms with E-state index < -0.39 is 0 Å². The first-order chi connectivity index (χ1) is 10.6. The lowest BCUT2D eigenvalue weighted by Gasteiger charge is -2.08. The predicted octanol–water partition coefficient (Wildman–Crippen LogP) is 3.43. The summed E-state index contributed by atoms with van der Waals surface area (Å²) >= 11 is 0. The largest absolute Gasteiger partial charge is 0.366 e. The lowest BCUT2D eigenvalue weighted by atomic mass is 10.0. The van der Waals surface area contributed by atoms with Gasteiger partial charge in [0, 0.05) is 11.7 Å². The van der Waals surface area contributed by atoms with Crippen LogP contribution in [0.4, 0.5) is 11.5 Å². The zero-order valence-electron chi connectivity index (χ0n) is 12.8. The molecule has 1 fully saturated rings. The fourth-order valence-corrected chi connectivity index (χ4v) is 2.10. The molecule has 1 heterocycles. The fraction of sp³-hybridized carbons (Fsp3) is 0.353. The number of hydrogen-bond donors (Lipinski definition) is 2. The van der Waals surface area contributed by atoms with E-state index in [4.69, 9.17) is 0 Å². The van der Waals surface area contributed by atoms with Gasteiger partial charge in [0.15, 0.2) is 0 Å². The maximum absolute atomic E-state index is 12.1. The van der Waals surface area contributed by atoms with E-state index in [9.17, 15) is 4.79 Å². The van der Waals surface area contributed by atoms with Gasteiger partial charge in [0.1, 0.15) is 11.5 Å². The van der Waals surface area contributed by atoms with Gasteiger partial charge in [0.05, 0.1) is 12.4 Å². The van der Waals surface area contributed by atoms with Gasteiger partial charge in [-0.3, -0.25) is 4.79 Å². The molecule has 0 atom stereocenters. The average Bonchev–Trinajstić information content (AvgIpc) is 3.32. The van der Waals surface area contributed by atoms with Crippen LogP contribution in [0.2, 0.25) is 0 Å². The van der Waals surface area contributed by atoms with Crippen molar-refractivity contribution >= 4 is 17.4 Å². The first kappa shape index (κ1) is 14.5. The third-order valence-corrected chi connectivity index (χ3v) is 3.65. The lowest BCUT2D eigenvalue weighted by Crippen LogP contribution is -2.14. The Bertz CT molecular complexity index is 645. The van der Waals surface area contributed by atoms with Crippen LogP contribution in [-0.2, 0) is 0 Å². The van der Waals surface area contributed by atoms with Crippen molar-refractivity contribution in [2.75, 3.05) is 10.6 Å². The molecule has 1 amide bonds. The monoisotopic (exact) mass is 296 g/mol. The quantitative estimate of drug-likeness (QED) is 0.887. The van der Waals surface area contributed by atoms with E-state index in [1.165, 1.54) is 24.6 Å². The summed E-state index contributed by atoms with van der Waals surface area (Å²) in [7, 11) is 0. The number of hydrogen-bond acceptors (Lipinski definition) is 4. The van der Waals surface area contributed by atoms with Gasteiger partial charge >= 0.3 is 0 Å². The van der Waals surface area contributed by atoms with Crippen LogP contribution < -0.4 is 10.6 Å². The Morgan fingerprint density at radius 2 is 1.86 bits per heavy atom. The van der Waals surface area contributed by atoms with Crippen LogP contribution in [-0.4, -0.2) is 21.9 Å². The number of anilines is 2. The predicted molar refractivity (Wildman–Crippen MR) is 87.2 cm³/mol. The van der Waals surface area contributed by atoms with Crippen molar-refractivity contribution in [3.63, 3.8) is 0 Å². The minimum atomic E-state index is -0.247. The molecule has 5 nitrogen and oxygen atoms in total. The topological polar surface area (TPSA) is 66.9 Å². The molecule has 1 aromatic heterocycles. The van der Waals surface area contributed by atoms with Crippen LogP contribution in [0.25, 0.3) is 0 Å². The van der Waals surface area contributed by atoms with Crippen molar-refractivity contribution in [3.8, 4) is 0 Å². The Hall–Kier alpha value is -2.43. The summed E-state index contributed by atoms with van der Waals surface area (Å²) < 4.78 is 0. The highest BCUT2D eigenvalue weighted by atomic mass is 16.1. The molecule has 3 rings (SSSR count). The van der Waals surface area contributed by atoms with Crippen LogP contribution in [0.5, 0.6) is 0 Å². The second-order valence-corrected chi connectivity index (χ2v) is 5.94. The first-order valence-corrected chi connectivity index (χ1v) is 7.62. The summed E-state index contributed by atoms with van der Waals surface area (Å²) in [5, 5.41) is 6.08. The third-order valence-electron chi connectivity index (χ3n) is 3.65. The normalized spacial score (nSPS) is 14.0. The molecule has 5 heteroatoms. The molecular formula is C17H20N4O. The summed E-state index contributed by atoms with van der Waals surface area (Å²) in [5.74, 6) is 0.949. The maximum Gasteiger partial charge on any atom is 0.275 e. The van der Waals surface area contributed by atoms with E-state index in [0.717, 1.165) is 11.5 Å². The number of nitrogens with zero attached hydrogens (tertiary/aromatic N) is 2. The number of carbonyl (C=O) groups excluding carboxylic acids is 1. The lowest BCUT2D eigenvalue weighted by molar-refractivity contribution is 0.102. The van der Waals surface area contributed by atoms with Gasteiger partial charge < -0.3 is 10.6 Å². The number of aromatic nitrogens is 2. The van der Waals surface area contributed by atoms with Crippen LogP contribution in [0.15, 0.2) is 36.7 Å². The zero-order chi connectivity index (χ0) is 15.5. The fourth-order valence-electron chi connectivity index (χ4n) is 2.10. The third kappa shape index (κ3) is 3.61. The molecule has 1 saturated carbocycles. The standard InChI is InChI=1S/C17H20N4O/c1-11(2)12-3-5-14(6-4-12)21-17(22)15-9-19-16(10-18-15)20-13-7-8-13/h3-6,9-11,13H,7-8H2,1-2H3,(H,19,20)(H,21,22). The van der Waals surface area contributed by atoms with Crippen LogP contribution in [0, 0.1) is 0 Å². The van der Waals surface area contributed by atoms with Crippen molar-refractivity contribution in [1.82, 2.24) is 9.97 Å². The van der Waals surface area contributed by atoms with Crippen LogP contribution >= 0.6 is 0 Å². The van der Waals surface area contributed by atoms with E-state index in [0.29, 0.717) is 17.7 Å². The Labute approximate surface area is 130 Å². The highest BCUT2D eigenvalue weighted by molar-refractivity contribution is 6.02. The van der Waals surface area contributed by atoms with E-state index >= 15 is 0 Å². The molecule has 0 aliphatic heterocycles. The zero-order valence-corrected chi connectivity index (χ0v) is 12.8. The average molecular weight is 296 g/mol. The molecule has 2 N–H and O–H groups in total. The second-order valence-electron chi connectivity index (χ2n) is 5.94. The molecule has 1 aromatic carbocycles. The summed E-state index contributed by atoms with van der Waals surface area (Å²) in [4.78, 5) is 20.5. The number of amides is 1. The van der Waals surface area contributed by atoms with E-state index in [2.05, 4.69) is 34.4 Å². The SMILES string of the molecule is CC(C)c1ccc(NC(=O)c2cnc(NC3CC3)cn2)cc1. The minimum absolute atomic E-state index is 0.247. The van der Waals surface area contributed by atoms with Crippen LogP contribution in [0.3, 0.4) is 0 Å². The highest BCUT2D eigenvalue weighted by Crippen LogP contribution is 2.23. The number of carbonyl (C=O) groups is 1. The molecule has 0 radical (unpaired) electrons. The summed E-state index contributed by atoms with van der Waals surface area (Å²) in [6, 6.07) is 8.38. The Morgan fingerprint density at radius 3 is 2.41 bits per heavy atom. The van der Waals surface area contributed by atoms with Gasteiger partial charge in [-0.2, -0.15) is 0 Å². The van der Waals surface area contributed by atoms with E-state index in [1.54, 1.807) is 6.20 Å². The molecule has 2 aromatic rings. The van der Waals surface area contributed by atoms with Crippen molar-refractivity contribution in [2.45, 2.75) is 38.6 Å². The molecule has 0 saturated heterocycles. The molecule has 1 aliphatic carbocycles. The smallest absolute Gasteiger partial charge is 0.275 e. The van der Waals surface area contributed by atoms with Crippen molar-refractivity contribution < 1.29 is 4.79 Å². The van der Waals surface area contributed by atoms with Crippen LogP contribution in [0.1, 0.15) is 48.7 Å². The van der Waals surface area contributed by atoms with Crippen molar-refractivity contribution in [2.24, 2.45) is 0 Å². The van der Waals surface area contributed by atoms with Gasteiger partial charge in [-0.15, -0.1) is 0 Å². The number of nitrogens with one attached hydrogen (secondary N) is 2. The van der Waals surface area contributed by atoms with Gasteiger partial charge in [-0.05, 0) is 36.5 Å². The molecule has 0 spiro atoms. The second kappa shape index (κ2) is 6.13.